The maximum atomic E-state index is 12.7. The number of ether oxygens (including phenoxy) is 4. The van der Waals surface area contributed by atoms with Gasteiger partial charge in [0.05, 0.1) is 15.8 Å². The maximum Gasteiger partial charge on any atom is 0.333 e. The quantitative estimate of drug-likeness (QED) is 0.0841. The first-order chi connectivity index (χ1) is 23.0. The van der Waals surface area contributed by atoms with Crippen LogP contribution in [0, 0.1) is 11.8 Å². The van der Waals surface area contributed by atoms with E-state index in [1.807, 2.05) is 0 Å². The second-order valence-electron chi connectivity index (χ2n) is 11.3. The predicted octanol–water partition coefficient (Wildman–Crippen LogP) is 4.70. The highest BCUT2D eigenvalue weighted by Crippen LogP contribution is 2.51. The fourth-order valence-electron chi connectivity index (χ4n) is 5.90. The normalized spacial score (nSPS) is 23.5. The molecule has 0 N–H and O–H groups in total. The summed E-state index contributed by atoms with van der Waals surface area (Å²) in [5, 5.41) is 0. The molecule has 246 valence electrons. The van der Waals surface area contributed by atoms with Crippen LogP contribution in [0.3, 0.4) is 0 Å². The van der Waals surface area contributed by atoms with E-state index >= 15 is 0 Å². The van der Waals surface area contributed by atoms with Gasteiger partial charge < -0.3 is 23.5 Å². The van der Waals surface area contributed by atoms with Crippen LogP contribution in [0.4, 0.5) is 0 Å². The molecule has 6 unspecified atom stereocenters. The Balaban J connectivity index is 0.000000182. The van der Waals surface area contributed by atoms with Gasteiger partial charge in [-0.1, -0.05) is 61.2 Å². The second kappa shape index (κ2) is 13.8. The van der Waals surface area contributed by atoms with Crippen LogP contribution >= 0.6 is 0 Å². The molecule has 0 aliphatic carbocycles. The lowest BCUT2D eigenvalue weighted by atomic mass is 9.78. The number of esters is 3. The molecule has 10 nitrogen and oxygen atoms in total. The van der Waals surface area contributed by atoms with Gasteiger partial charge >= 0.3 is 17.9 Å². The molecule has 7 rings (SSSR count). The molecule has 3 fully saturated rings. The number of carbonyl (C=O) groups excluding carboxylic acids is 3. The third kappa shape index (κ3) is 6.78. The third-order valence-corrected chi connectivity index (χ3v) is 11.1. The Bertz CT molecular complexity index is 1820. The minimum Gasteiger partial charge on any atom is -0.744 e. The summed E-state index contributed by atoms with van der Waals surface area (Å²) in [4.78, 5) is 40.5. The van der Waals surface area contributed by atoms with Crippen LogP contribution in [0.15, 0.2) is 147 Å². The van der Waals surface area contributed by atoms with Crippen LogP contribution in [0.1, 0.15) is 6.92 Å². The molecule has 48 heavy (non-hydrogen) atoms. The lowest BCUT2D eigenvalue weighted by Gasteiger charge is -2.27. The van der Waals surface area contributed by atoms with Gasteiger partial charge in [-0.05, 0) is 67.6 Å². The van der Waals surface area contributed by atoms with Crippen molar-refractivity contribution in [2.75, 3.05) is 0 Å². The largest absolute Gasteiger partial charge is 0.744 e. The van der Waals surface area contributed by atoms with Crippen molar-refractivity contribution >= 4 is 38.9 Å². The van der Waals surface area contributed by atoms with Crippen molar-refractivity contribution in [1.29, 1.82) is 0 Å². The SMILES string of the molecule is C=C(C)C(=O)OC1C2OC(=O)C3C2OC1C3C(=O)Oc1ccc(S(=O)(=O)[O-])cc1.c1ccc([S+](c2ccccc2)c2ccccc2)cc1. The fourth-order valence-corrected chi connectivity index (χ4v) is 8.47. The molecule has 4 aromatic rings. The number of benzene rings is 4. The molecule has 3 aliphatic heterocycles. The van der Waals surface area contributed by atoms with Gasteiger partial charge in [0.2, 0.25) is 0 Å². The van der Waals surface area contributed by atoms with Crippen molar-refractivity contribution in [3.8, 4) is 5.75 Å². The Morgan fingerprint density at radius 2 is 1.27 bits per heavy atom. The number of fused-ring (bicyclic) bond motifs is 1. The Kier molecular flexibility index (Phi) is 9.51. The van der Waals surface area contributed by atoms with E-state index in [1.54, 1.807) is 0 Å². The van der Waals surface area contributed by atoms with E-state index in [-0.39, 0.29) is 22.2 Å². The zero-order valence-corrected chi connectivity index (χ0v) is 27.2. The lowest BCUT2D eigenvalue weighted by Crippen LogP contribution is -2.48. The highest BCUT2D eigenvalue weighted by molar-refractivity contribution is 7.97. The molecule has 3 heterocycles. The average molecular weight is 687 g/mol. The van der Waals surface area contributed by atoms with Gasteiger partial charge in [0.25, 0.3) is 0 Å². The minimum absolute atomic E-state index is 0.0146. The van der Waals surface area contributed by atoms with E-state index in [2.05, 4.69) is 97.6 Å². The summed E-state index contributed by atoms with van der Waals surface area (Å²) in [5.41, 5.74) is 0.140. The number of carbonyl (C=O) groups is 3. The van der Waals surface area contributed by atoms with Crippen molar-refractivity contribution in [2.45, 2.75) is 50.9 Å². The van der Waals surface area contributed by atoms with Crippen LogP contribution in [0.25, 0.3) is 0 Å². The van der Waals surface area contributed by atoms with Crippen molar-refractivity contribution in [2.24, 2.45) is 11.8 Å². The monoisotopic (exact) mass is 686 g/mol. The van der Waals surface area contributed by atoms with E-state index in [0.717, 1.165) is 24.3 Å². The van der Waals surface area contributed by atoms with E-state index in [0.29, 0.717) is 0 Å². The first-order valence-corrected chi connectivity index (χ1v) is 17.6. The Labute approximate surface area is 280 Å². The summed E-state index contributed by atoms with van der Waals surface area (Å²) in [6.07, 6.45) is -3.44. The molecule has 3 saturated heterocycles. The predicted molar refractivity (Wildman–Crippen MR) is 172 cm³/mol. The van der Waals surface area contributed by atoms with Crippen molar-refractivity contribution in [3.63, 3.8) is 0 Å². The summed E-state index contributed by atoms with van der Waals surface area (Å²) in [6, 6.07) is 36.4. The minimum atomic E-state index is -4.64. The molecule has 6 atom stereocenters. The lowest BCUT2D eigenvalue weighted by molar-refractivity contribution is -0.158. The van der Waals surface area contributed by atoms with Crippen LogP contribution in [-0.2, 0) is 49.6 Å². The first-order valence-electron chi connectivity index (χ1n) is 14.9. The molecule has 0 spiro atoms. The third-order valence-electron chi connectivity index (χ3n) is 8.04. The zero-order chi connectivity index (χ0) is 34.0. The molecule has 0 saturated carbocycles. The number of rotatable bonds is 8. The second-order valence-corrected chi connectivity index (χ2v) is 14.7. The van der Waals surface area contributed by atoms with Gasteiger partial charge in [-0.3, -0.25) is 9.59 Å². The van der Waals surface area contributed by atoms with Crippen LogP contribution in [0.5, 0.6) is 5.75 Å². The standard InChI is InChI=1S/C18H16O10S.C18H15S/c1-7(2)16(19)27-14-12-10(11-13(26-12)15(14)28-18(11)21)17(20)25-8-3-5-9(6-4-8)29(22,23)24;1-4-10-16(11-5-1)19(17-12-6-2-7-13-17)18-14-8-3-9-15-18/h3-6,10-15H,1H2,2H3,(H,22,23,24);1-15H/q;+1/p-1. The van der Waals surface area contributed by atoms with E-state index in [9.17, 15) is 27.4 Å². The topological polar surface area (TPSA) is 145 Å². The van der Waals surface area contributed by atoms with Crippen LogP contribution in [0.2, 0.25) is 0 Å². The zero-order valence-electron chi connectivity index (χ0n) is 25.5. The van der Waals surface area contributed by atoms with E-state index in [1.165, 1.54) is 21.6 Å². The molecule has 4 aromatic carbocycles. The van der Waals surface area contributed by atoms with Crippen molar-refractivity contribution < 1.29 is 46.3 Å². The molecule has 3 aliphatic rings. The van der Waals surface area contributed by atoms with Gasteiger partial charge in [-0.25, -0.2) is 13.2 Å². The van der Waals surface area contributed by atoms with E-state index < -0.39 is 69.2 Å². The Morgan fingerprint density at radius 3 is 1.73 bits per heavy atom. The van der Waals surface area contributed by atoms with Crippen LogP contribution in [-0.4, -0.2) is 55.3 Å². The maximum absolute atomic E-state index is 12.7. The highest BCUT2D eigenvalue weighted by Gasteiger charge is 2.72. The molecule has 0 radical (unpaired) electrons. The van der Waals surface area contributed by atoms with E-state index in [4.69, 9.17) is 18.9 Å². The number of hydrogen-bond acceptors (Lipinski definition) is 10. The molecule has 12 heteroatoms. The number of hydrogen-bond donors (Lipinski definition) is 0. The average Bonchev–Trinajstić information content (AvgIpc) is 3.71. The molecule has 2 bridgehead atoms. The molecule has 0 aromatic heterocycles. The van der Waals surface area contributed by atoms with Gasteiger partial charge in [0.15, 0.2) is 26.9 Å². The fraction of sp³-hybridized carbons (Fsp3) is 0.194. The first kappa shape index (κ1) is 33.2. The van der Waals surface area contributed by atoms with Crippen LogP contribution < -0.4 is 4.74 Å². The molecule has 0 amide bonds. The highest BCUT2D eigenvalue weighted by atomic mass is 32.2. The van der Waals surface area contributed by atoms with Gasteiger partial charge in [0, 0.05) is 5.57 Å². The van der Waals surface area contributed by atoms with Gasteiger partial charge in [-0.2, -0.15) is 0 Å². The van der Waals surface area contributed by atoms with Crippen molar-refractivity contribution in [1.82, 2.24) is 0 Å². The summed E-state index contributed by atoms with van der Waals surface area (Å²) in [5.74, 6) is -4.16. The Hall–Kier alpha value is -4.75. The smallest absolute Gasteiger partial charge is 0.333 e. The molecular formula is C36H30O10S2. The Morgan fingerprint density at radius 1 is 0.771 bits per heavy atom. The van der Waals surface area contributed by atoms with Gasteiger partial charge in [-0.15, -0.1) is 0 Å². The summed E-state index contributed by atoms with van der Waals surface area (Å²) >= 11 is 0. The van der Waals surface area contributed by atoms with Crippen molar-refractivity contribution in [3.05, 3.63) is 127 Å². The summed E-state index contributed by atoms with van der Waals surface area (Å²) in [7, 11) is -4.65. The molecular weight excluding hydrogens is 657 g/mol. The van der Waals surface area contributed by atoms with Gasteiger partial charge in [0.1, 0.15) is 39.9 Å². The summed E-state index contributed by atoms with van der Waals surface area (Å²) < 4.78 is 54.4. The summed E-state index contributed by atoms with van der Waals surface area (Å²) in [6.45, 7) is 4.95.